The van der Waals surface area contributed by atoms with Crippen molar-refractivity contribution in [3.05, 3.63) is 29.8 Å². The van der Waals surface area contributed by atoms with Crippen LogP contribution < -0.4 is 4.74 Å². The number of benzene rings is 1. The smallest absolute Gasteiger partial charge is 0.122 e. The molecule has 1 aromatic rings. The van der Waals surface area contributed by atoms with Gasteiger partial charge in [-0.2, -0.15) is 0 Å². The van der Waals surface area contributed by atoms with Crippen LogP contribution in [0.3, 0.4) is 0 Å². The number of para-hydroxylation sites is 1. The summed E-state index contributed by atoms with van der Waals surface area (Å²) in [5.41, 5.74) is 1.24. The molecule has 0 bridgehead atoms. The van der Waals surface area contributed by atoms with Crippen LogP contribution in [0.4, 0.5) is 0 Å². The van der Waals surface area contributed by atoms with Gasteiger partial charge >= 0.3 is 0 Å². The van der Waals surface area contributed by atoms with Gasteiger partial charge in [-0.1, -0.05) is 25.1 Å². The number of rotatable bonds is 2. The van der Waals surface area contributed by atoms with E-state index >= 15 is 0 Å². The Morgan fingerprint density at radius 3 is 3.08 bits per heavy atom. The van der Waals surface area contributed by atoms with Crippen molar-refractivity contribution in [1.29, 1.82) is 0 Å². The molecule has 0 aromatic heterocycles. The SMILES string of the molecule is C[C@@H](CO)C1COc2ccccc21. The summed E-state index contributed by atoms with van der Waals surface area (Å²) >= 11 is 0. The Morgan fingerprint density at radius 1 is 1.54 bits per heavy atom. The molecule has 1 N–H and O–H groups in total. The molecule has 0 fully saturated rings. The average molecular weight is 178 g/mol. The van der Waals surface area contributed by atoms with E-state index in [9.17, 15) is 0 Å². The standard InChI is InChI=1S/C11H14O2/c1-8(6-12)10-7-13-11-5-3-2-4-9(10)11/h2-5,8,10,12H,6-7H2,1H3/t8-,10?/m0/s1. The summed E-state index contributed by atoms with van der Waals surface area (Å²) in [7, 11) is 0. The molecule has 1 aliphatic rings. The lowest BCUT2D eigenvalue weighted by Crippen LogP contribution is -2.14. The first-order chi connectivity index (χ1) is 6.33. The Bertz CT molecular complexity index is 296. The van der Waals surface area contributed by atoms with Gasteiger partial charge in [0.2, 0.25) is 0 Å². The summed E-state index contributed by atoms with van der Waals surface area (Å²) in [6.45, 7) is 2.99. The first-order valence-corrected chi connectivity index (χ1v) is 4.65. The van der Waals surface area contributed by atoms with E-state index < -0.39 is 0 Å². The molecule has 70 valence electrons. The van der Waals surface area contributed by atoms with Crippen molar-refractivity contribution < 1.29 is 9.84 Å². The van der Waals surface area contributed by atoms with Crippen molar-refractivity contribution in [1.82, 2.24) is 0 Å². The molecule has 2 rings (SSSR count). The normalized spacial score (nSPS) is 22.2. The maximum absolute atomic E-state index is 9.07. The van der Waals surface area contributed by atoms with E-state index in [2.05, 4.69) is 13.0 Å². The zero-order chi connectivity index (χ0) is 9.26. The highest BCUT2D eigenvalue weighted by Gasteiger charge is 2.27. The first kappa shape index (κ1) is 8.57. The van der Waals surface area contributed by atoms with Crippen molar-refractivity contribution in [2.45, 2.75) is 12.8 Å². The Balaban J connectivity index is 2.28. The molecule has 1 unspecified atom stereocenters. The largest absolute Gasteiger partial charge is 0.493 e. The lowest BCUT2D eigenvalue weighted by Gasteiger charge is -2.14. The second-order valence-corrected chi connectivity index (χ2v) is 3.62. The maximum atomic E-state index is 9.07. The molecule has 2 nitrogen and oxygen atoms in total. The fourth-order valence-corrected chi connectivity index (χ4v) is 1.79. The van der Waals surface area contributed by atoms with E-state index in [0.717, 1.165) is 5.75 Å². The van der Waals surface area contributed by atoms with Gasteiger partial charge in [-0.3, -0.25) is 0 Å². The van der Waals surface area contributed by atoms with Crippen LogP contribution >= 0.6 is 0 Å². The maximum Gasteiger partial charge on any atom is 0.122 e. The molecule has 0 aliphatic carbocycles. The minimum atomic E-state index is 0.225. The number of fused-ring (bicyclic) bond motifs is 1. The van der Waals surface area contributed by atoms with Crippen molar-refractivity contribution in [3.8, 4) is 5.75 Å². The molecule has 2 atom stereocenters. The topological polar surface area (TPSA) is 29.5 Å². The molecule has 0 radical (unpaired) electrons. The summed E-state index contributed by atoms with van der Waals surface area (Å²) in [6, 6.07) is 8.06. The van der Waals surface area contributed by atoms with Gasteiger partial charge in [-0.25, -0.2) is 0 Å². The quantitative estimate of drug-likeness (QED) is 0.748. The molecule has 13 heavy (non-hydrogen) atoms. The number of ether oxygens (including phenoxy) is 1. The fourth-order valence-electron chi connectivity index (χ4n) is 1.79. The van der Waals surface area contributed by atoms with Crippen LogP contribution in [-0.2, 0) is 0 Å². The Kier molecular flexibility index (Phi) is 2.23. The van der Waals surface area contributed by atoms with Gasteiger partial charge in [-0.15, -0.1) is 0 Å². The Hall–Kier alpha value is -1.02. The fraction of sp³-hybridized carbons (Fsp3) is 0.455. The summed E-state index contributed by atoms with van der Waals surface area (Å²) in [6.07, 6.45) is 0. The Morgan fingerprint density at radius 2 is 2.31 bits per heavy atom. The van der Waals surface area contributed by atoms with E-state index in [4.69, 9.17) is 9.84 Å². The van der Waals surface area contributed by atoms with Gasteiger partial charge in [0.25, 0.3) is 0 Å². The molecule has 1 heterocycles. The van der Waals surface area contributed by atoms with Gasteiger partial charge in [0, 0.05) is 18.1 Å². The van der Waals surface area contributed by atoms with Gasteiger partial charge in [0.05, 0.1) is 6.61 Å². The summed E-state index contributed by atoms with van der Waals surface area (Å²) < 4.78 is 5.52. The van der Waals surface area contributed by atoms with Gasteiger partial charge in [0.15, 0.2) is 0 Å². The van der Waals surface area contributed by atoms with Gasteiger partial charge in [-0.05, 0) is 12.0 Å². The van der Waals surface area contributed by atoms with E-state index in [-0.39, 0.29) is 12.5 Å². The molecule has 2 heteroatoms. The first-order valence-electron chi connectivity index (χ1n) is 4.65. The minimum Gasteiger partial charge on any atom is -0.493 e. The van der Waals surface area contributed by atoms with E-state index in [1.807, 2.05) is 18.2 Å². The third-order valence-corrected chi connectivity index (χ3v) is 2.71. The minimum absolute atomic E-state index is 0.225. The van der Waals surface area contributed by atoms with Crippen LogP contribution in [0.2, 0.25) is 0 Å². The third-order valence-electron chi connectivity index (χ3n) is 2.71. The van der Waals surface area contributed by atoms with Crippen LogP contribution in [0.25, 0.3) is 0 Å². The molecule has 0 spiro atoms. The third kappa shape index (κ3) is 1.42. The second kappa shape index (κ2) is 3.38. The van der Waals surface area contributed by atoms with E-state index in [0.29, 0.717) is 12.5 Å². The molecule has 0 saturated heterocycles. The summed E-state index contributed by atoms with van der Waals surface area (Å²) in [4.78, 5) is 0. The highest BCUT2D eigenvalue weighted by Crippen LogP contribution is 2.37. The molecule has 0 saturated carbocycles. The molecule has 0 amide bonds. The molecular formula is C11H14O2. The highest BCUT2D eigenvalue weighted by atomic mass is 16.5. The van der Waals surface area contributed by atoms with E-state index in [1.54, 1.807) is 0 Å². The zero-order valence-electron chi connectivity index (χ0n) is 7.73. The molecule has 1 aliphatic heterocycles. The number of aliphatic hydroxyl groups excluding tert-OH is 1. The van der Waals surface area contributed by atoms with Crippen LogP contribution in [0.5, 0.6) is 5.75 Å². The monoisotopic (exact) mass is 178 g/mol. The van der Waals surface area contributed by atoms with Crippen molar-refractivity contribution in [2.75, 3.05) is 13.2 Å². The average Bonchev–Trinajstić information content (AvgIpc) is 2.60. The van der Waals surface area contributed by atoms with Crippen LogP contribution in [0.1, 0.15) is 18.4 Å². The van der Waals surface area contributed by atoms with Crippen LogP contribution in [0.15, 0.2) is 24.3 Å². The number of hydrogen-bond acceptors (Lipinski definition) is 2. The lowest BCUT2D eigenvalue weighted by atomic mass is 9.90. The van der Waals surface area contributed by atoms with Crippen molar-refractivity contribution >= 4 is 0 Å². The summed E-state index contributed by atoms with van der Waals surface area (Å²) in [5.74, 6) is 1.62. The number of aliphatic hydroxyl groups is 1. The zero-order valence-corrected chi connectivity index (χ0v) is 7.73. The Labute approximate surface area is 78.2 Å². The van der Waals surface area contributed by atoms with Gasteiger partial charge < -0.3 is 9.84 Å². The second-order valence-electron chi connectivity index (χ2n) is 3.62. The van der Waals surface area contributed by atoms with Crippen molar-refractivity contribution in [2.24, 2.45) is 5.92 Å². The number of hydrogen-bond donors (Lipinski definition) is 1. The van der Waals surface area contributed by atoms with E-state index in [1.165, 1.54) is 5.56 Å². The molecular weight excluding hydrogens is 164 g/mol. The summed E-state index contributed by atoms with van der Waals surface area (Å²) in [5, 5.41) is 9.07. The van der Waals surface area contributed by atoms with Crippen LogP contribution in [0, 0.1) is 5.92 Å². The predicted octanol–water partition coefficient (Wildman–Crippen LogP) is 1.79. The highest BCUT2D eigenvalue weighted by molar-refractivity contribution is 5.39. The van der Waals surface area contributed by atoms with Crippen molar-refractivity contribution in [3.63, 3.8) is 0 Å². The molecule has 1 aromatic carbocycles. The van der Waals surface area contributed by atoms with Crippen LogP contribution in [-0.4, -0.2) is 18.3 Å². The predicted molar refractivity (Wildman–Crippen MR) is 50.9 cm³/mol. The lowest BCUT2D eigenvalue weighted by molar-refractivity contribution is 0.197. The van der Waals surface area contributed by atoms with Gasteiger partial charge in [0.1, 0.15) is 5.75 Å².